The Kier molecular flexibility index (Phi) is 6.92. The van der Waals surface area contributed by atoms with Gasteiger partial charge in [-0.05, 0) is 56.5 Å². The molecule has 1 amide bonds. The Labute approximate surface area is 172 Å². The fourth-order valence-electron chi connectivity index (χ4n) is 3.42. The molecule has 0 aromatic heterocycles. The number of benzene rings is 2. The third-order valence-corrected chi connectivity index (χ3v) is 7.10. The number of aryl methyl sites for hydroxylation is 1. The molecule has 2 aromatic carbocycles. The third-order valence-electron chi connectivity index (χ3n) is 5.18. The van der Waals surface area contributed by atoms with Crippen LogP contribution in [0.15, 0.2) is 53.4 Å². The van der Waals surface area contributed by atoms with E-state index >= 15 is 0 Å². The molecule has 29 heavy (non-hydrogen) atoms. The molecule has 6 nitrogen and oxygen atoms in total. The number of nitrogens with one attached hydrogen (secondary N) is 1. The van der Waals surface area contributed by atoms with Gasteiger partial charge in [0.1, 0.15) is 5.75 Å². The highest BCUT2D eigenvalue weighted by molar-refractivity contribution is 7.89. The van der Waals surface area contributed by atoms with Gasteiger partial charge < -0.3 is 10.1 Å². The molecule has 1 saturated heterocycles. The molecule has 3 rings (SSSR count). The van der Waals surface area contributed by atoms with Crippen LogP contribution in [0.5, 0.6) is 5.75 Å². The van der Waals surface area contributed by atoms with Crippen molar-refractivity contribution in [2.45, 2.75) is 38.1 Å². The Morgan fingerprint density at radius 1 is 1.07 bits per heavy atom. The van der Waals surface area contributed by atoms with Crippen molar-refractivity contribution >= 4 is 15.9 Å². The van der Waals surface area contributed by atoms with E-state index in [1.807, 2.05) is 38.1 Å². The van der Waals surface area contributed by atoms with Crippen LogP contribution >= 0.6 is 0 Å². The number of carbonyl (C=O) groups is 1. The number of nitrogens with zero attached hydrogens (tertiary/aromatic N) is 1. The first-order valence-electron chi connectivity index (χ1n) is 9.96. The van der Waals surface area contributed by atoms with E-state index in [1.54, 1.807) is 24.3 Å². The Morgan fingerprint density at radius 3 is 2.28 bits per heavy atom. The van der Waals surface area contributed by atoms with Crippen LogP contribution in [0.1, 0.15) is 30.9 Å². The highest BCUT2D eigenvalue weighted by Gasteiger charge is 2.32. The van der Waals surface area contributed by atoms with Gasteiger partial charge in [0.2, 0.25) is 15.9 Å². The summed E-state index contributed by atoms with van der Waals surface area (Å²) in [5.74, 6) is 0.478. The molecule has 7 heteroatoms. The Hall–Kier alpha value is -2.38. The van der Waals surface area contributed by atoms with Crippen LogP contribution in [0.3, 0.4) is 0 Å². The van der Waals surface area contributed by atoms with E-state index in [9.17, 15) is 13.2 Å². The average molecular weight is 417 g/mol. The molecule has 1 aliphatic heterocycles. The smallest absolute Gasteiger partial charge is 0.243 e. The van der Waals surface area contributed by atoms with Crippen LogP contribution in [-0.4, -0.2) is 38.3 Å². The summed E-state index contributed by atoms with van der Waals surface area (Å²) in [6.45, 7) is 5.62. The standard InChI is InChI=1S/C22H28N2O4S/c1-3-28-20-8-10-21(11-9-20)29(26,27)24-14-12-19(13-15-24)22(25)23-16-18-6-4-17(2)5-7-18/h4-11,19H,3,12-16H2,1-2H3,(H,23,25). The largest absolute Gasteiger partial charge is 0.494 e. The number of piperidine rings is 1. The summed E-state index contributed by atoms with van der Waals surface area (Å²) in [5.41, 5.74) is 2.24. The van der Waals surface area contributed by atoms with Gasteiger partial charge in [-0.2, -0.15) is 4.31 Å². The Balaban J connectivity index is 1.53. The summed E-state index contributed by atoms with van der Waals surface area (Å²) in [4.78, 5) is 12.7. The average Bonchev–Trinajstić information content (AvgIpc) is 2.74. The zero-order valence-corrected chi connectivity index (χ0v) is 17.7. The Bertz CT molecular complexity index is 916. The van der Waals surface area contributed by atoms with E-state index < -0.39 is 10.0 Å². The number of ether oxygens (including phenoxy) is 1. The molecule has 1 heterocycles. The first kappa shape index (κ1) is 21.3. The first-order valence-corrected chi connectivity index (χ1v) is 11.4. The number of sulfonamides is 1. The molecule has 2 aromatic rings. The minimum Gasteiger partial charge on any atom is -0.494 e. The summed E-state index contributed by atoms with van der Waals surface area (Å²) in [6, 6.07) is 14.5. The molecule has 0 saturated carbocycles. The second-order valence-corrected chi connectivity index (χ2v) is 9.22. The third kappa shape index (κ3) is 5.36. The Morgan fingerprint density at radius 2 is 1.69 bits per heavy atom. The van der Waals surface area contributed by atoms with Crippen LogP contribution in [0.25, 0.3) is 0 Å². The number of amides is 1. The SMILES string of the molecule is CCOc1ccc(S(=O)(=O)N2CCC(C(=O)NCc3ccc(C)cc3)CC2)cc1. The van der Waals surface area contributed by atoms with Gasteiger partial charge in [-0.15, -0.1) is 0 Å². The number of hydrogen-bond acceptors (Lipinski definition) is 4. The van der Waals surface area contributed by atoms with E-state index in [1.165, 1.54) is 9.87 Å². The van der Waals surface area contributed by atoms with Crippen molar-refractivity contribution in [2.75, 3.05) is 19.7 Å². The van der Waals surface area contributed by atoms with Gasteiger partial charge in [-0.3, -0.25) is 4.79 Å². The number of rotatable bonds is 7. The van der Waals surface area contributed by atoms with Crippen LogP contribution < -0.4 is 10.1 Å². The van der Waals surface area contributed by atoms with E-state index in [0.29, 0.717) is 44.8 Å². The second kappa shape index (κ2) is 9.41. The van der Waals surface area contributed by atoms with E-state index in [4.69, 9.17) is 4.74 Å². The monoisotopic (exact) mass is 416 g/mol. The molecule has 1 N–H and O–H groups in total. The fraction of sp³-hybridized carbons (Fsp3) is 0.409. The predicted molar refractivity (Wildman–Crippen MR) is 112 cm³/mol. The van der Waals surface area contributed by atoms with Gasteiger partial charge in [-0.25, -0.2) is 8.42 Å². The summed E-state index contributed by atoms with van der Waals surface area (Å²) in [7, 11) is -3.56. The van der Waals surface area contributed by atoms with Crippen LogP contribution in [-0.2, 0) is 21.4 Å². The lowest BCUT2D eigenvalue weighted by molar-refractivity contribution is -0.126. The van der Waals surface area contributed by atoms with Gasteiger partial charge in [0.15, 0.2) is 0 Å². The predicted octanol–water partition coefficient (Wildman–Crippen LogP) is 3.11. The molecule has 156 valence electrons. The molecule has 1 fully saturated rings. The molecular weight excluding hydrogens is 388 g/mol. The summed E-state index contributed by atoms with van der Waals surface area (Å²) >= 11 is 0. The number of carbonyl (C=O) groups excluding carboxylic acids is 1. The van der Waals surface area contributed by atoms with Crippen molar-refractivity contribution < 1.29 is 17.9 Å². The molecule has 0 atom stereocenters. The van der Waals surface area contributed by atoms with E-state index in [-0.39, 0.29) is 16.7 Å². The molecule has 0 unspecified atom stereocenters. The summed E-state index contributed by atoms with van der Waals surface area (Å²) in [5, 5.41) is 2.97. The van der Waals surface area contributed by atoms with Crippen molar-refractivity contribution in [1.29, 1.82) is 0 Å². The van der Waals surface area contributed by atoms with Crippen molar-refractivity contribution in [3.05, 3.63) is 59.7 Å². The maximum absolute atomic E-state index is 12.9. The normalized spacial score (nSPS) is 15.8. The van der Waals surface area contributed by atoms with Crippen molar-refractivity contribution in [1.82, 2.24) is 9.62 Å². The van der Waals surface area contributed by atoms with Crippen LogP contribution in [0.4, 0.5) is 0 Å². The van der Waals surface area contributed by atoms with Gasteiger partial charge in [-0.1, -0.05) is 29.8 Å². The summed E-state index contributed by atoms with van der Waals surface area (Å²) in [6.07, 6.45) is 1.05. The van der Waals surface area contributed by atoms with E-state index in [0.717, 1.165) is 5.56 Å². The van der Waals surface area contributed by atoms with Crippen molar-refractivity contribution in [2.24, 2.45) is 5.92 Å². The van der Waals surface area contributed by atoms with E-state index in [2.05, 4.69) is 5.32 Å². The first-order chi connectivity index (χ1) is 13.9. The maximum Gasteiger partial charge on any atom is 0.243 e. The lowest BCUT2D eigenvalue weighted by Gasteiger charge is -2.30. The maximum atomic E-state index is 12.9. The quantitative estimate of drug-likeness (QED) is 0.753. The fourth-order valence-corrected chi connectivity index (χ4v) is 4.89. The highest BCUT2D eigenvalue weighted by Crippen LogP contribution is 2.25. The summed E-state index contributed by atoms with van der Waals surface area (Å²) < 4.78 is 32.5. The minimum atomic E-state index is -3.56. The molecule has 0 bridgehead atoms. The minimum absolute atomic E-state index is 0.0105. The lowest BCUT2D eigenvalue weighted by Crippen LogP contribution is -2.42. The van der Waals surface area contributed by atoms with Crippen LogP contribution in [0.2, 0.25) is 0 Å². The lowest BCUT2D eigenvalue weighted by atomic mass is 9.97. The molecule has 0 aliphatic carbocycles. The van der Waals surface area contributed by atoms with Gasteiger partial charge >= 0.3 is 0 Å². The zero-order chi connectivity index (χ0) is 20.9. The van der Waals surface area contributed by atoms with Gasteiger partial charge in [0.25, 0.3) is 0 Å². The molecule has 1 aliphatic rings. The van der Waals surface area contributed by atoms with Crippen molar-refractivity contribution in [3.8, 4) is 5.75 Å². The molecule has 0 spiro atoms. The molecular formula is C22H28N2O4S. The highest BCUT2D eigenvalue weighted by atomic mass is 32.2. The second-order valence-electron chi connectivity index (χ2n) is 7.29. The van der Waals surface area contributed by atoms with Crippen LogP contribution in [0, 0.1) is 12.8 Å². The van der Waals surface area contributed by atoms with Crippen molar-refractivity contribution in [3.63, 3.8) is 0 Å². The topological polar surface area (TPSA) is 75.7 Å². The number of hydrogen-bond donors (Lipinski definition) is 1. The molecule has 0 radical (unpaired) electrons. The van der Waals surface area contributed by atoms with Gasteiger partial charge in [0, 0.05) is 25.6 Å². The van der Waals surface area contributed by atoms with Gasteiger partial charge in [0.05, 0.1) is 11.5 Å². The zero-order valence-electron chi connectivity index (χ0n) is 16.9.